The molecule has 0 bridgehead atoms. The summed E-state index contributed by atoms with van der Waals surface area (Å²) in [5.74, 6) is -0.757. The van der Waals surface area contributed by atoms with Crippen molar-refractivity contribution in [1.29, 1.82) is 0 Å². The number of anilines is 2. The highest BCUT2D eigenvalue weighted by molar-refractivity contribution is 6.30. The van der Waals surface area contributed by atoms with Crippen LogP contribution in [-0.2, 0) is 11.0 Å². The number of nitrogens with one attached hydrogen (secondary N) is 1. The molecule has 0 radical (unpaired) electrons. The first-order valence-corrected chi connectivity index (χ1v) is 10.2. The van der Waals surface area contributed by atoms with Crippen molar-refractivity contribution in [3.05, 3.63) is 58.6 Å². The van der Waals surface area contributed by atoms with Gasteiger partial charge in [0, 0.05) is 49.6 Å². The molecule has 1 heterocycles. The Kier molecular flexibility index (Phi) is 7.23. The van der Waals surface area contributed by atoms with E-state index in [1.807, 2.05) is 11.9 Å². The molecule has 0 aromatic heterocycles. The van der Waals surface area contributed by atoms with Gasteiger partial charge in [-0.15, -0.1) is 0 Å². The van der Waals surface area contributed by atoms with E-state index in [0.717, 1.165) is 25.2 Å². The predicted octanol–water partition coefficient (Wildman–Crippen LogP) is 4.71. The van der Waals surface area contributed by atoms with Gasteiger partial charge in [-0.05, 0) is 49.5 Å². The maximum atomic E-state index is 13.2. The van der Waals surface area contributed by atoms with Gasteiger partial charge in [0.25, 0.3) is 0 Å². The lowest BCUT2D eigenvalue weighted by Gasteiger charge is -2.35. The number of benzene rings is 2. The van der Waals surface area contributed by atoms with Gasteiger partial charge in [-0.3, -0.25) is 9.59 Å². The van der Waals surface area contributed by atoms with Gasteiger partial charge in [-0.1, -0.05) is 11.6 Å². The summed E-state index contributed by atoms with van der Waals surface area (Å²) in [6.07, 6.45) is -4.72. The number of nitrogens with zero attached hydrogens (tertiary/aromatic N) is 2. The zero-order valence-corrected chi connectivity index (χ0v) is 17.8. The van der Waals surface area contributed by atoms with Crippen molar-refractivity contribution in [3.63, 3.8) is 0 Å². The Hall–Kier alpha value is -2.58. The molecule has 0 aliphatic carbocycles. The van der Waals surface area contributed by atoms with Crippen molar-refractivity contribution in [2.75, 3.05) is 43.4 Å². The third kappa shape index (κ3) is 6.21. The molecule has 3 rings (SSSR count). The number of Topliss-reactive ketones (excluding diaryl/α,β-unsaturated/α-hetero) is 1. The van der Waals surface area contributed by atoms with Gasteiger partial charge in [0.05, 0.1) is 16.9 Å². The molecule has 2 aromatic carbocycles. The van der Waals surface area contributed by atoms with Gasteiger partial charge >= 0.3 is 6.18 Å². The highest BCUT2D eigenvalue weighted by Gasteiger charge is 2.32. The minimum absolute atomic E-state index is 0.0593. The molecule has 0 atom stereocenters. The summed E-state index contributed by atoms with van der Waals surface area (Å²) in [6, 6.07) is 9.67. The number of halogens is 4. The summed E-state index contributed by atoms with van der Waals surface area (Å²) in [5.41, 5.74) is 0.231. The van der Waals surface area contributed by atoms with E-state index >= 15 is 0 Å². The molecule has 166 valence electrons. The normalized spacial score (nSPS) is 15.1. The summed E-state index contributed by atoms with van der Waals surface area (Å²) in [4.78, 5) is 28.8. The average molecular weight is 454 g/mol. The van der Waals surface area contributed by atoms with Crippen LogP contribution in [0.3, 0.4) is 0 Å². The summed E-state index contributed by atoms with van der Waals surface area (Å²) in [5, 5.41) is 3.08. The molecule has 1 amide bonds. The smallest absolute Gasteiger partial charge is 0.367 e. The third-order valence-electron chi connectivity index (χ3n) is 5.19. The van der Waals surface area contributed by atoms with Crippen LogP contribution in [0.15, 0.2) is 42.5 Å². The summed E-state index contributed by atoms with van der Waals surface area (Å²) in [7, 11) is 1.98. The number of piperazine rings is 1. The molecular weight excluding hydrogens is 431 g/mol. The topological polar surface area (TPSA) is 52.6 Å². The minimum atomic E-state index is -4.52. The number of carbonyl (C=O) groups is 2. The van der Waals surface area contributed by atoms with E-state index < -0.39 is 17.6 Å². The lowest BCUT2D eigenvalue weighted by atomic mass is 10.1. The van der Waals surface area contributed by atoms with Crippen LogP contribution in [0.1, 0.15) is 28.8 Å². The molecule has 1 saturated heterocycles. The lowest BCUT2D eigenvalue weighted by Crippen LogP contribution is -2.44. The third-order valence-corrected chi connectivity index (χ3v) is 5.44. The average Bonchev–Trinajstić information content (AvgIpc) is 2.72. The molecule has 0 saturated carbocycles. The van der Waals surface area contributed by atoms with Crippen molar-refractivity contribution in [1.82, 2.24) is 4.90 Å². The van der Waals surface area contributed by atoms with Gasteiger partial charge in [0.15, 0.2) is 5.78 Å². The van der Waals surface area contributed by atoms with Crippen molar-refractivity contribution in [3.8, 4) is 0 Å². The Balaban J connectivity index is 1.72. The molecule has 5 nitrogen and oxygen atoms in total. The second-order valence-corrected chi connectivity index (χ2v) is 7.93. The van der Waals surface area contributed by atoms with Crippen LogP contribution in [0.4, 0.5) is 24.5 Å². The molecule has 0 spiro atoms. The lowest BCUT2D eigenvalue weighted by molar-refractivity contribution is -0.137. The van der Waals surface area contributed by atoms with E-state index in [9.17, 15) is 22.8 Å². The summed E-state index contributed by atoms with van der Waals surface area (Å²) in [6.45, 7) is 2.81. The zero-order valence-electron chi connectivity index (χ0n) is 17.0. The van der Waals surface area contributed by atoms with Gasteiger partial charge in [0.2, 0.25) is 5.91 Å². The van der Waals surface area contributed by atoms with Crippen molar-refractivity contribution >= 4 is 34.7 Å². The fourth-order valence-electron chi connectivity index (χ4n) is 3.36. The van der Waals surface area contributed by atoms with E-state index in [2.05, 4.69) is 10.2 Å². The summed E-state index contributed by atoms with van der Waals surface area (Å²) >= 11 is 5.80. The second-order valence-electron chi connectivity index (χ2n) is 7.50. The first-order valence-electron chi connectivity index (χ1n) is 9.87. The van der Waals surface area contributed by atoms with Crippen LogP contribution in [0.5, 0.6) is 0 Å². The Labute approximate surface area is 183 Å². The van der Waals surface area contributed by atoms with E-state index in [0.29, 0.717) is 29.4 Å². The van der Waals surface area contributed by atoms with Crippen molar-refractivity contribution < 1.29 is 22.8 Å². The van der Waals surface area contributed by atoms with E-state index in [-0.39, 0.29) is 24.3 Å². The first-order chi connectivity index (χ1) is 14.6. The Bertz CT molecular complexity index is 940. The number of hydrogen-bond acceptors (Lipinski definition) is 4. The quantitative estimate of drug-likeness (QED) is 0.643. The van der Waals surface area contributed by atoms with Crippen LogP contribution < -0.4 is 10.2 Å². The summed E-state index contributed by atoms with van der Waals surface area (Å²) < 4.78 is 39.6. The zero-order chi connectivity index (χ0) is 22.6. The fraction of sp³-hybridized carbons (Fsp3) is 0.364. The molecular formula is C22H23ClF3N3O2. The first kappa shape index (κ1) is 23.1. The number of alkyl halides is 3. The number of carbonyl (C=O) groups excluding carboxylic acids is 2. The number of hydrogen-bond donors (Lipinski definition) is 1. The molecule has 1 aliphatic rings. The maximum absolute atomic E-state index is 13.2. The molecule has 0 unspecified atom stereocenters. The highest BCUT2D eigenvalue weighted by atomic mass is 35.5. The van der Waals surface area contributed by atoms with E-state index in [1.54, 1.807) is 24.3 Å². The van der Waals surface area contributed by atoms with Gasteiger partial charge in [-0.2, -0.15) is 13.2 Å². The molecule has 1 fully saturated rings. The largest absolute Gasteiger partial charge is 0.416 e. The SMILES string of the molecule is CN1CCN(c2ccc(C(F)(F)F)cc2NC(=O)CCC(=O)c2ccc(Cl)cc2)CC1. The molecule has 1 aliphatic heterocycles. The van der Waals surface area contributed by atoms with E-state index in [4.69, 9.17) is 11.6 Å². The van der Waals surface area contributed by atoms with Gasteiger partial charge in [-0.25, -0.2) is 0 Å². The van der Waals surface area contributed by atoms with Crippen LogP contribution >= 0.6 is 11.6 Å². The molecule has 31 heavy (non-hydrogen) atoms. The second kappa shape index (κ2) is 9.70. The van der Waals surface area contributed by atoms with E-state index in [1.165, 1.54) is 6.07 Å². The van der Waals surface area contributed by atoms with Gasteiger partial charge < -0.3 is 15.1 Å². The van der Waals surface area contributed by atoms with Gasteiger partial charge in [0.1, 0.15) is 0 Å². The van der Waals surface area contributed by atoms with Crippen LogP contribution in [-0.4, -0.2) is 49.8 Å². The van der Waals surface area contributed by atoms with Crippen molar-refractivity contribution in [2.24, 2.45) is 0 Å². The van der Waals surface area contributed by atoms with Crippen molar-refractivity contribution in [2.45, 2.75) is 19.0 Å². The standard InChI is InChI=1S/C22H23ClF3N3O2/c1-28-10-12-29(13-11-28)19-7-4-16(22(24,25)26)14-18(19)27-21(31)9-8-20(30)15-2-5-17(23)6-3-15/h2-7,14H,8-13H2,1H3,(H,27,31). The van der Waals surface area contributed by atoms with Crippen LogP contribution in [0.25, 0.3) is 0 Å². The number of likely N-dealkylation sites (N-methyl/N-ethyl adjacent to an activating group) is 1. The Morgan fingerprint density at radius 2 is 1.65 bits per heavy atom. The minimum Gasteiger partial charge on any atom is -0.367 e. The highest BCUT2D eigenvalue weighted by Crippen LogP contribution is 2.36. The molecule has 9 heteroatoms. The fourth-order valence-corrected chi connectivity index (χ4v) is 3.48. The molecule has 2 aromatic rings. The Morgan fingerprint density at radius 3 is 2.26 bits per heavy atom. The number of amides is 1. The monoisotopic (exact) mass is 453 g/mol. The predicted molar refractivity (Wildman–Crippen MR) is 115 cm³/mol. The maximum Gasteiger partial charge on any atom is 0.416 e. The van der Waals surface area contributed by atoms with Crippen LogP contribution in [0, 0.1) is 0 Å². The number of rotatable bonds is 6. The molecule has 1 N–H and O–H groups in total. The van der Waals surface area contributed by atoms with Crippen LogP contribution in [0.2, 0.25) is 5.02 Å². The number of ketones is 1. The Morgan fingerprint density at radius 1 is 1.00 bits per heavy atom.